The minimum absolute atomic E-state index is 0.121. The first-order valence-corrected chi connectivity index (χ1v) is 12.2. The number of carbonyl (C=O) groups excluding carboxylic acids is 2. The maximum absolute atomic E-state index is 11.8. The van der Waals surface area contributed by atoms with Crippen molar-refractivity contribution in [3.05, 3.63) is 0 Å². The second kappa shape index (κ2) is 22.4. The van der Waals surface area contributed by atoms with Crippen LogP contribution in [0.5, 0.6) is 0 Å². The van der Waals surface area contributed by atoms with Crippen LogP contribution in [0.1, 0.15) is 123 Å². The molecule has 2 N–H and O–H groups in total. The molecule has 1 atom stereocenters. The average molecular weight is 397 g/mol. The van der Waals surface area contributed by atoms with E-state index in [2.05, 4.69) is 17.6 Å². The van der Waals surface area contributed by atoms with Crippen molar-refractivity contribution in [3.63, 3.8) is 0 Å². The summed E-state index contributed by atoms with van der Waals surface area (Å²) in [6, 6.07) is -0.143. The Labute approximate surface area is 175 Å². The summed E-state index contributed by atoms with van der Waals surface area (Å²) in [4.78, 5) is 22.6. The zero-order valence-corrected chi connectivity index (χ0v) is 18.9. The van der Waals surface area contributed by atoms with Crippen LogP contribution in [0.25, 0.3) is 0 Å². The maximum Gasteiger partial charge on any atom is 0.219 e. The van der Waals surface area contributed by atoms with E-state index in [0.29, 0.717) is 19.4 Å². The Morgan fingerprint density at radius 3 is 1.64 bits per heavy atom. The highest BCUT2D eigenvalue weighted by Gasteiger charge is 2.06. The quantitative estimate of drug-likeness (QED) is 0.176. The molecule has 0 saturated carbocycles. The molecule has 0 aromatic heterocycles. The van der Waals surface area contributed by atoms with E-state index in [9.17, 15) is 9.59 Å². The third-order valence-electron chi connectivity index (χ3n) is 5.42. The van der Waals surface area contributed by atoms with Crippen LogP contribution in [0.2, 0.25) is 0 Å². The topological polar surface area (TPSA) is 58.2 Å². The summed E-state index contributed by atoms with van der Waals surface area (Å²) < 4.78 is 0. The van der Waals surface area contributed by atoms with Crippen molar-refractivity contribution >= 4 is 12.2 Å². The average Bonchev–Trinajstić information content (AvgIpc) is 2.70. The van der Waals surface area contributed by atoms with Gasteiger partial charge in [-0.1, -0.05) is 104 Å². The van der Waals surface area contributed by atoms with Gasteiger partial charge in [0, 0.05) is 13.0 Å². The zero-order valence-electron chi connectivity index (χ0n) is 18.9. The summed E-state index contributed by atoms with van der Waals surface area (Å²) in [7, 11) is 0. The third kappa shape index (κ3) is 19.9. The highest BCUT2D eigenvalue weighted by atomic mass is 16.1. The molecule has 28 heavy (non-hydrogen) atoms. The Kier molecular flexibility index (Phi) is 21.7. The third-order valence-corrected chi connectivity index (χ3v) is 5.42. The van der Waals surface area contributed by atoms with Gasteiger partial charge in [-0.25, -0.2) is 0 Å². The Hall–Kier alpha value is -0.900. The predicted octanol–water partition coefficient (Wildman–Crippen LogP) is 5.93. The number of carbonyl (C=O) groups is 2. The lowest BCUT2D eigenvalue weighted by atomic mass is 10.0. The Bertz CT molecular complexity index is 347. The molecule has 0 aromatic carbocycles. The van der Waals surface area contributed by atoms with Crippen molar-refractivity contribution in [2.45, 2.75) is 129 Å². The molecular formula is C24H48N2O2. The number of hydrogen-bond donors (Lipinski definition) is 2. The van der Waals surface area contributed by atoms with E-state index in [4.69, 9.17) is 0 Å². The molecule has 0 spiro atoms. The summed E-state index contributed by atoms with van der Waals surface area (Å²) in [6.07, 6.45) is 22.3. The maximum atomic E-state index is 11.8. The molecule has 4 heteroatoms. The lowest BCUT2D eigenvalue weighted by Crippen LogP contribution is -2.35. The van der Waals surface area contributed by atoms with Gasteiger partial charge >= 0.3 is 0 Å². The van der Waals surface area contributed by atoms with E-state index in [0.717, 1.165) is 25.7 Å². The highest BCUT2D eigenvalue weighted by Crippen LogP contribution is 2.13. The van der Waals surface area contributed by atoms with Gasteiger partial charge in [-0.3, -0.25) is 4.79 Å². The monoisotopic (exact) mass is 396 g/mol. The van der Waals surface area contributed by atoms with Gasteiger partial charge in [0.25, 0.3) is 0 Å². The molecule has 0 fully saturated rings. The first-order chi connectivity index (χ1) is 13.7. The molecule has 0 rings (SSSR count). The van der Waals surface area contributed by atoms with Crippen molar-refractivity contribution in [1.82, 2.24) is 10.6 Å². The summed E-state index contributed by atoms with van der Waals surface area (Å²) in [6.45, 7) is 5.60. The fourth-order valence-corrected chi connectivity index (χ4v) is 3.59. The first kappa shape index (κ1) is 27.1. The number of aldehydes is 1. The smallest absolute Gasteiger partial charge is 0.219 e. The first-order valence-electron chi connectivity index (χ1n) is 12.2. The lowest BCUT2D eigenvalue weighted by Gasteiger charge is -2.11. The Morgan fingerprint density at radius 2 is 1.21 bits per heavy atom. The van der Waals surface area contributed by atoms with E-state index in [1.807, 2.05) is 6.92 Å². The van der Waals surface area contributed by atoms with E-state index in [-0.39, 0.29) is 11.9 Å². The van der Waals surface area contributed by atoms with Crippen LogP contribution >= 0.6 is 0 Å². The molecule has 166 valence electrons. The summed E-state index contributed by atoms with van der Waals surface area (Å²) in [5, 5.41) is 6.00. The molecule has 0 aromatic rings. The minimum atomic E-state index is -0.143. The molecule has 0 aliphatic heterocycles. The van der Waals surface area contributed by atoms with Gasteiger partial charge in [0.1, 0.15) is 6.29 Å². The van der Waals surface area contributed by atoms with Crippen LogP contribution in [-0.4, -0.2) is 31.3 Å². The van der Waals surface area contributed by atoms with Crippen LogP contribution in [-0.2, 0) is 9.59 Å². The fourth-order valence-electron chi connectivity index (χ4n) is 3.59. The fraction of sp³-hybridized carbons (Fsp3) is 0.917. The van der Waals surface area contributed by atoms with Gasteiger partial charge in [0.2, 0.25) is 5.91 Å². The van der Waals surface area contributed by atoms with Crippen LogP contribution < -0.4 is 10.6 Å². The number of rotatable bonds is 22. The van der Waals surface area contributed by atoms with Gasteiger partial charge in [-0.2, -0.15) is 0 Å². The van der Waals surface area contributed by atoms with E-state index >= 15 is 0 Å². The van der Waals surface area contributed by atoms with Crippen molar-refractivity contribution in [1.29, 1.82) is 0 Å². The van der Waals surface area contributed by atoms with E-state index in [1.54, 1.807) is 0 Å². The van der Waals surface area contributed by atoms with Crippen molar-refractivity contribution in [2.24, 2.45) is 0 Å². The van der Waals surface area contributed by atoms with E-state index in [1.165, 1.54) is 83.5 Å². The molecule has 0 saturated heterocycles. The predicted molar refractivity (Wildman–Crippen MR) is 121 cm³/mol. The number of hydrogen-bond acceptors (Lipinski definition) is 3. The highest BCUT2D eigenvalue weighted by molar-refractivity contribution is 5.75. The molecule has 0 radical (unpaired) electrons. The van der Waals surface area contributed by atoms with Crippen LogP contribution in [0.3, 0.4) is 0 Å². The molecular weight excluding hydrogens is 348 g/mol. The number of unbranched alkanes of at least 4 members (excludes halogenated alkanes) is 14. The number of amides is 1. The minimum Gasteiger partial charge on any atom is -0.356 e. The second-order valence-electron chi connectivity index (χ2n) is 8.14. The van der Waals surface area contributed by atoms with Gasteiger partial charge < -0.3 is 15.4 Å². The van der Waals surface area contributed by atoms with E-state index < -0.39 is 0 Å². The zero-order chi connectivity index (χ0) is 20.7. The van der Waals surface area contributed by atoms with Crippen molar-refractivity contribution in [2.75, 3.05) is 13.1 Å². The van der Waals surface area contributed by atoms with Crippen LogP contribution in [0.4, 0.5) is 0 Å². The largest absolute Gasteiger partial charge is 0.356 e. The summed E-state index contributed by atoms with van der Waals surface area (Å²) >= 11 is 0. The standard InChI is InChI=1S/C24H48N2O2/c1-3-5-6-7-8-9-10-11-12-13-14-15-16-17-18-19-24(28)26-21-20-23(22-27)25-4-2/h22-23,25H,3-21H2,1-2H3,(H,26,28). The Morgan fingerprint density at radius 1 is 0.750 bits per heavy atom. The molecule has 0 bridgehead atoms. The van der Waals surface area contributed by atoms with Crippen molar-refractivity contribution in [3.8, 4) is 0 Å². The molecule has 0 heterocycles. The SMILES string of the molecule is CCCCCCCCCCCCCCCCCC(=O)NCCC(C=O)NCC. The molecule has 0 aliphatic rings. The lowest BCUT2D eigenvalue weighted by molar-refractivity contribution is -0.121. The normalized spacial score (nSPS) is 12.1. The number of nitrogens with one attached hydrogen (secondary N) is 2. The number of likely N-dealkylation sites (N-methyl/N-ethyl adjacent to an activating group) is 1. The van der Waals surface area contributed by atoms with Gasteiger partial charge in [-0.05, 0) is 19.4 Å². The van der Waals surface area contributed by atoms with Gasteiger partial charge in [-0.15, -0.1) is 0 Å². The Balaban J connectivity index is 3.24. The molecule has 1 amide bonds. The van der Waals surface area contributed by atoms with Crippen molar-refractivity contribution < 1.29 is 9.59 Å². The molecule has 1 unspecified atom stereocenters. The second-order valence-corrected chi connectivity index (χ2v) is 8.14. The molecule has 0 aliphatic carbocycles. The van der Waals surface area contributed by atoms with Gasteiger partial charge in [0.15, 0.2) is 0 Å². The van der Waals surface area contributed by atoms with Crippen LogP contribution in [0.15, 0.2) is 0 Å². The van der Waals surface area contributed by atoms with Crippen LogP contribution in [0, 0.1) is 0 Å². The summed E-state index contributed by atoms with van der Waals surface area (Å²) in [5.41, 5.74) is 0. The van der Waals surface area contributed by atoms with Gasteiger partial charge in [0.05, 0.1) is 6.04 Å². The summed E-state index contributed by atoms with van der Waals surface area (Å²) in [5.74, 6) is 0.121. The molecule has 4 nitrogen and oxygen atoms in total.